The van der Waals surface area contributed by atoms with Crippen LogP contribution in [0.1, 0.15) is 41.6 Å². The third-order valence-corrected chi connectivity index (χ3v) is 4.83. The van der Waals surface area contributed by atoms with Crippen molar-refractivity contribution in [1.29, 1.82) is 0 Å². The summed E-state index contributed by atoms with van der Waals surface area (Å²) in [4.78, 5) is 18.8. The number of benzene rings is 1. The van der Waals surface area contributed by atoms with Gasteiger partial charge in [-0.1, -0.05) is 42.1 Å². The second-order valence-electron chi connectivity index (χ2n) is 6.13. The largest absolute Gasteiger partial charge is 0.486 e. The van der Waals surface area contributed by atoms with Crippen LogP contribution in [0.15, 0.2) is 36.7 Å². The van der Waals surface area contributed by atoms with Crippen molar-refractivity contribution in [3.8, 4) is 5.75 Å². The summed E-state index contributed by atoms with van der Waals surface area (Å²) in [6.07, 6.45) is 7.80. The van der Waals surface area contributed by atoms with E-state index in [2.05, 4.69) is 4.98 Å². The molecule has 2 heterocycles. The van der Waals surface area contributed by atoms with Crippen LogP contribution in [0.5, 0.6) is 5.75 Å². The van der Waals surface area contributed by atoms with E-state index in [4.69, 9.17) is 27.9 Å². The second-order valence-corrected chi connectivity index (χ2v) is 6.94. The number of ether oxygens (including phenoxy) is 1. The van der Waals surface area contributed by atoms with Crippen molar-refractivity contribution in [1.82, 2.24) is 9.88 Å². The molecule has 25 heavy (non-hydrogen) atoms. The zero-order valence-electron chi connectivity index (χ0n) is 13.9. The Morgan fingerprint density at radius 3 is 2.44 bits per heavy atom. The van der Waals surface area contributed by atoms with Crippen LogP contribution in [0.4, 0.5) is 0 Å². The summed E-state index contributed by atoms with van der Waals surface area (Å²) < 4.78 is 5.73. The third kappa shape index (κ3) is 4.65. The maximum atomic E-state index is 12.7. The molecule has 0 saturated carbocycles. The molecule has 3 rings (SSSR count). The topological polar surface area (TPSA) is 42.4 Å². The molecular weight excluding hydrogens is 359 g/mol. The Labute approximate surface area is 157 Å². The van der Waals surface area contributed by atoms with Crippen LogP contribution < -0.4 is 4.74 Å². The average Bonchev–Trinajstić information content (AvgIpc) is 2.90. The first-order valence-electron chi connectivity index (χ1n) is 8.45. The first-order chi connectivity index (χ1) is 12.1. The van der Waals surface area contributed by atoms with Crippen LogP contribution in [0.25, 0.3) is 0 Å². The van der Waals surface area contributed by atoms with Crippen LogP contribution in [-0.2, 0) is 6.61 Å². The quantitative estimate of drug-likeness (QED) is 0.752. The highest BCUT2D eigenvalue weighted by atomic mass is 35.5. The molecule has 0 aliphatic carbocycles. The standard InChI is InChI=1S/C19H20Cl2N2O2/c20-16-6-5-7-17(21)18(16)25-13-14-10-15(12-22-11-14)19(24)23-8-3-1-2-4-9-23/h5-7,10-12H,1-4,8-9,13H2. The number of pyridine rings is 1. The van der Waals surface area contributed by atoms with Crippen LogP contribution in [-0.4, -0.2) is 28.9 Å². The maximum Gasteiger partial charge on any atom is 0.255 e. The molecule has 0 spiro atoms. The molecule has 0 bridgehead atoms. The Balaban J connectivity index is 1.70. The Kier molecular flexibility index (Phi) is 6.16. The number of halogens is 2. The maximum absolute atomic E-state index is 12.7. The molecule has 1 amide bonds. The van der Waals surface area contributed by atoms with Gasteiger partial charge in [0.05, 0.1) is 15.6 Å². The van der Waals surface area contributed by atoms with Gasteiger partial charge in [0.1, 0.15) is 6.61 Å². The van der Waals surface area contributed by atoms with E-state index in [0.29, 0.717) is 21.4 Å². The number of amides is 1. The molecule has 6 heteroatoms. The van der Waals surface area contributed by atoms with Gasteiger partial charge < -0.3 is 9.64 Å². The van der Waals surface area contributed by atoms with Gasteiger partial charge in [0.2, 0.25) is 0 Å². The number of carbonyl (C=O) groups is 1. The van der Waals surface area contributed by atoms with E-state index in [-0.39, 0.29) is 12.5 Å². The van der Waals surface area contributed by atoms with E-state index in [1.165, 1.54) is 12.8 Å². The van der Waals surface area contributed by atoms with E-state index < -0.39 is 0 Å². The molecule has 0 unspecified atom stereocenters. The van der Waals surface area contributed by atoms with Crippen molar-refractivity contribution >= 4 is 29.1 Å². The van der Waals surface area contributed by atoms with Crippen molar-refractivity contribution in [3.05, 3.63) is 57.8 Å². The lowest BCUT2D eigenvalue weighted by molar-refractivity contribution is 0.0761. The minimum atomic E-state index is 0.0343. The van der Waals surface area contributed by atoms with E-state index >= 15 is 0 Å². The van der Waals surface area contributed by atoms with Gasteiger partial charge in [0.15, 0.2) is 5.75 Å². The Morgan fingerprint density at radius 1 is 1.08 bits per heavy atom. The Hall–Kier alpha value is -1.78. The van der Waals surface area contributed by atoms with Crippen molar-refractivity contribution in [2.75, 3.05) is 13.1 Å². The number of aromatic nitrogens is 1. The predicted octanol–water partition coefficient (Wildman–Crippen LogP) is 4.98. The Morgan fingerprint density at radius 2 is 1.76 bits per heavy atom. The Bertz CT molecular complexity index is 724. The molecule has 2 aromatic rings. The van der Waals surface area contributed by atoms with Gasteiger partial charge in [0, 0.05) is 31.0 Å². The zero-order chi connectivity index (χ0) is 17.6. The highest BCUT2D eigenvalue weighted by Gasteiger charge is 2.18. The van der Waals surface area contributed by atoms with Gasteiger partial charge in [-0.2, -0.15) is 0 Å². The van der Waals surface area contributed by atoms with Gasteiger partial charge in [-0.05, 0) is 31.0 Å². The number of nitrogens with zero attached hydrogens (tertiary/aromatic N) is 2. The molecule has 0 N–H and O–H groups in total. The minimum absolute atomic E-state index is 0.0343. The number of para-hydroxylation sites is 1. The van der Waals surface area contributed by atoms with Crippen molar-refractivity contribution in [3.63, 3.8) is 0 Å². The van der Waals surface area contributed by atoms with E-state index in [1.54, 1.807) is 30.6 Å². The van der Waals surface area contributed by atoms with E-state index in [9.17, 15) is 4.79 Å². The third-order valence-electron chi connectivity index (χ3n) is 4.24. The highest BCUT2D eigenvalue weighted by molar-refractivity contribution is 6.37. The lowest BCUT2D eigenvalue weighted by atomic mass is 10.2. The molecule has 4 nitrogen and oxygen atoms in total. The predicted molar refractivity (Wildman–Crippen MR) is 99.4 cm³/mol. The second kappa shape index (κ2) is 8.54. The first kappa shape index (κ1) is 18.0. The van der Waals surface area contributed by atoms with Gasteiger partial charge in [0.25, 0.3) is 5.91 Å². The molecule has 1 aliphatic heterocycles. The summed E-state index contributed by atoms with van der Waals surface area (Å²) in [5.41, 5.74) is 1.39. The summed E-state index contributed by atoms with van der Waals surface area (Å²) in [5.74, 6) is 0.474. The molecule has 0 radical (unpaired) electrons. The van der Waals surface area contributed by atoms with Crippen molar-refractivity contribution < 1.29 is 9.53 Å². The van der Waals surface area contributed by atoms with Gasteiger partial charge in [-0.25, -0.2) is 0 Å². The van der Waals surface area contributed by atoms with Gasteiger partial charge in [-0.15, -0.1) is 0 Å². The molecule has 1 aliphatic rings. The minimum Gasteiger partial charge on any atom is -0.486 e. The van der Waals surface area contributed by atoms with Crippen LogP contribution in [0.3, 0.4) is 0 Å². The molecule has 0 atom stereocenters. The monoisotopic (exact) mass is 378 g/mol. The lowest BCUT2D eigenvalue weighted by Gasteiger charge is -2.20. The van der Waals surface area contributed by atoms with Crippen LogP contribution >= 0.6 is 23.2 Å². The summed E-state index contributed by atoms with van der Waals surface area (Å²) in [5, 5.41) is 0.912. The number of carbonyl (C=O) groups excluding carboxylic acids is 1. The lowest BCUT2D eigenvalue weighted by Crippen LogP contribution is -2.32. The van der Waals surface area contributed by atoms with E-state index in [0.717, 1.165) is 31.5 Å². The van der Waals surface area contributed by atoms with Gasteiger partial charge >= 0.3 is 0 Å². The first-order valence-corrected chi connectivity index (χ1v) is 9.21. The molecule has 1 saturated heterocycles. The van der Waals surface area contributed by atoms with E-state index in [1.807, 2.05) is 11.0 Å². The SMILES string of the molecule is O=C(c1cncc(COc2c(Cl)cccc2Cl)c1)N1CCCCCC1. The summed E-state index contributed by atoms with van der Waals surface area (Å²) in [6, 6.07) is 7.03. The molecule has 1 aromatic carbocycles. The number of likely N-dealkylation sites (tertiary alicyclic amines) is 1. The van der Waals surface area contributed by atoms with Crippen molar-refractivity contribution in [2.24, 2.45) is 0 Å². The summed E-state index contributed by atoms with van der Waals surface area (Å²) in [7, 11) is 0. The molecule has 132 valence electrons. The van der Waals surface area contributed by atoms with Crippen LogP contribution in [0, 0.1) is 0 Å². The van der Waals surface area contributed by atoms with Crippen LogP contribution in [0.2, 0.25) is 10.0 Å². The molecule has 1 aromatic heterocycles. The zero-order valence-corrected chi connectivity index (χ0v) is 15.4. The molecular formula is C19H20Cl2N2O2. The number of hydrogen-bond donors (Lipinski definition) is 0. The molecule has 1 fully saturated rings. The number of rotatable bonds is 4. The fraction of sp³-hybridized carbons (Fsp3) is 0.368. The highest BCUT2D eigenvalue weighted by Crippen LogP contribution is 2.32. The fourth-order valence-electron chi connectivity index (χ4n) is 2.92. The van der Waals surface area contributed by atoms with Gasteiger partial charge in [-0.3, -0.25) is 9.78 Å². The normalized spacial score (nSPS) is 14.9. The fourth-order valence-corrected chi connectivity index (χ4v) is 3.42. The average molecular weight is 379 g/mol. The summed E-state index contributed by atoms with van der Waals surface area (Å²) >= 11 is 12.2. The summed E-state index contributed by atoms with van der Waals surface area (Å²) in [6.45, 7) is 1.88. The van der Waals surface area contributed by atoms with Crippen molar-refractivity contribution in [2.45, 2.75) is 32.3 Å². The smallest absolute Gasteiger partial charge is 0.255 e. The number of hydrogen-bond acceptors (Lipinski definition) is 3.